The van der Waals surface area contributed by atoms with Gasteiger partial charge in [-0.1, -0.05) is 43.1 Å². The molecule has 25 heavy (non-hydrogen) atoms. The van der Waals surface area contributed by atoms with Gasteiger partial charge in [0.05, 0.1) is 12.5 Å². The second-order valence-electron chi connectivity index (χ2n) is 8.43. The fraction of sp³-hybridized carbons (Fsp3) is 0.619. The zero-order chi connectivity index (χ0) is 18.6. The Kier molecular flexibility index (Phi) is 4.64. The summed E-state index contributed by atoms with van der Waals surface area (Å²) in [6.45, 7) is 8.49. The number of esters is 1. The predicted molar refractivity (Wildman–Crippen MR) is 102 cm³/mol. The van der Waals surface area contributed by atoms with Crippen LogP contribution in [0.2, 0.25) is 0 Å². The first kappa shape index (κ1) is 18.6. The molecule has 0 amide bonds. The topological polar surface area (TPSA) is 43.4 Å². The van der Waals surface area contributed by atoms with E-state index in [9.17, 15) is 9.59 Å². The molecule has 0 unspecified atom stereocenters. The third-order valence-corrected chi connectivity index (χ3v) is 7.33. The average molecular weight is 407 g/mol. The maximum atomic E-state index is 13.0. The Morgan fingerprint density at radius 1 is 1.28 bits per heavy atom. The number of benzene rings is 1. The number of hydrogen-bond donors (Lipinski definition) is 0. The van der Waals surface area contributed by atoms with Crippen molar-refractivity contribution >= 4 is 27.7 Å². The Morgan fingerprint density at radius 2 is 1.96 bits per heavy atom. The van der Waals surface area contributed by atoms with Crippen molar-refractivity contribution in [2.45, 2.75) is 64.7 Å². The molecule has 3 rings (SSSR count). The van der Waals surface area contributed by atoms with E-state index >= 15 is 0 Å². The Bertz CT molecular complexity index is 739. The van der Waals surface area contributed by atoms with Gasteiger partial charge in [0.1, 0.15) is 0 Å². The third kappa shape index (κ3) is 2.68. The highest BCUT2D eigenvalue weighted by molar-refractivity contribution is 9.10. The molecule has 1 saturated carbocycles. The van der Waals surface area contributed by atoms with Gasteiger partial charge in [0.25, 0.3) is 0 Å². The number of carbonyl (C=O) groups is 2. The van der Waals surface area contributed by atoms with Crippen LogP contribution >= 0.6 is 15.9 Å². The molecule has 1 fully saturated rings. The maximum absolute atomic E-state index is 13.0. The zero-order valence-corrected chi connectivity index (χ0v) is 17.3. The number of fused-ring (bicyclic) bond motifs is 3. The normalized spacial score (nSPS) is 31.5. The number of rotatable bonds is 2. The van der Waals surface area contributed by atoms with Gasteiger partial charge in [0.2, 0.25) is 0 Å². The first-order valence-corrected chi connectivity index (χ1v) is 9.90. The molecule has 0 aromatic heterocycles. The van der Waals surface area contributed by atoms with Gasteiger partial charge in [0.15, 0.2) is 5.78 Å². The van der Waals surface area contributed by atoms with Crippen molar-refractivity contribution in [1.82, 2.24) is 0 Å². The minimum Gasteiger partial charge on any atom is -0.469 e. The van der Waals surface area contributed by atoms with Gasteiger partial charge in [0, 0.05) is 16.5 Å². The summed E-state index contributed by atoms with van der Waals surface area (Å²) in [5.41, 5.74) is 2.33. The quantitative estimate of drug-likeness (QED) is 0.617. The van der Waals surface area contributed by atoms with Crippen LogP contribution in [0.25, 0.3) is 0 Å². The number of carbonyl (C=O) groups excluding carboxylic acids is 2. The highest BCUT2D eigenvalue weighted by Gasteiger charge is 2.57. The second-order valence-corrected chi connectivity index (χ2v) is 9.29. The van der Waals surface area contributed by atoms with E-state index in [-0.39, 0.29) is 23.1 Å². The summed E-state index contributed by atoms with van der Waals surface area (Å²) in [5, 5.41) is 0. The number of Topliss-reactive ketones (excluding diaryl/α,β-unsaturated/α-hetero) is 1. The van der Waals surface area contributed by atoms with E-state index in [1.165, 1.54) is 12.7 Å². The molecule has 0 saturated heterocycles. The lowest BCUT2D eigenvalue weighted by molar-refractivity contribution is -0.160. The average Bonchev–Trinajstić information content (AvgIpc) is 2.56. The fourth-order valence-electron chi connectivity index (χ4n) is 5.16. The van der Waals surface area contributed by atoms with Crippen molar-refractivity contribution < 1.29 is 14.3 Å². The molecular weight excluding hydrogens is 380 g/mol. The largest absolute Gasteiger partial charge is 0.469 e. The standard InChI is InChI=1S/C21H27BrO3/c1-12(2)13-9-14-15(10-16(13)22)20(3)7-6-8-21(4,19(24)25-5)18(20)11-17(14)23/h9-10,12,18H,6-8,11H2,1-5H3/t18-,20-,21-/m1/s1. The van der Waals surface area contributed by atoms with Crippen molar-refractivity contribution in [2.24, 2.45) is 11.3 Å². The number of hydrogen-bond acceptors (Lipinski definition) is 3. The molecule has 3 atom stereocenters. The molecule has 3 nitrogen and oxygen atoms in total. The van der Waals surface area contributed by atoms with Gasteiger partial charge >= 0.3 is 5.97 Å². The van der Waals surface area contributed by atoms with Crippen LogP contribution in [0.5, 0.6) is 0 Å². The molecule has 1 aromatic carbocycles. The summed E-state index contributed by atoms with van der Waals surface area (Å²) in [6, 6.07) is 4.20. The lowest BCUT2D eigenvalue weighted by atomic mass is 9.49. The molecule has 0 bridgehead atoms. The molecule has 0 N–H and O–H groups in total. The number of halogens is 1. The fourth-order valence-corrected chi connectivity index (χ4v) is 5.96. The van der Waals surface area contributed by atoms with Crippen LogP contribution in [0.3, 0.4) is 0 Å². The summed E-state index contributed by atoms with van der Waals surface area (Å²) in [7, 11) is 1.45. The predicted octanol–water partition coefficient (Wildman–Crippen LogP) is 5.40. The molecule has 136 valence electrons. The molecule has 2 aliphatic carbocycles. The highest BCUT2D eigenvalue weighted by Crippen LogP contribution is 2.58. The summed E-state index contributed by atoms with van der Waals surface area (Å²) >= 11 is 3.70. The van der Waals surface area contributed by atoms with Gasteiger partial charge in [-0.3, -0.25) is 9.59 Å². The first-order chi connectivity index (χ1) is 11.6. The van der Waals surface area contributed by atoms with Gasteiger partial charge in [-0.25, -0.2) is 0 Å². The van der Waals surface area contributed by atoms with Crippen molar-refractivity contribution in [3.63, 3.8) is 0 Å². The second kappa shape index (κ2) is 6.22. The molecule has 0 radical (unpaired) electrons. The number of ether oxygens (including phenoxy) is 1. The minimum absolute atomic E-state index is 0.0157. The minimum atomic E-state index is -0.599. The molecule has 1 aromatic rings. The van der Waals surface area contributed by atoms with Gasteiger partial charge < -0.3 is 4.74 Å². The number of methoxy groups -OCH3 is 1. The van der Waals surface area contributed by atoms with Crippen LogP contribution in [-0.2, 0) is 14.9 Å². The van der Waals surface area contributed by atoms with Crippen LogP contribution in [0.4, 0.5) is 0 Å². The summed E-state index contributed by atoms with van der Waals surface area (Å²) < 4.78 is 6.18. The van der Waals surface area contributed by atoms with Gasteiger partial charge in [-0.05, 0) is 60.3 Å². The van der Waals surface area contributed by atoms with E-state index in [0.717, 1.165) is 34.9 Å². The van der Waals surface area contributed by atoms with Crippen LogP contribution in [0.1, 0.15) is 80.8 Å². The van der Waals surface area contributed by atoms with E-state index in [1.807, 2.05) is 6.92 Å². The zero-order valence-electron chi connectivity index (χ0n) is 15.7. The number of ketones is 1. The maximum Gasteiger partial charge on any atom is 0.311 e. The SMILES string of the molecule is COC(=O)[C@]1(C)CCC[C@]2(C)c3cc(Br)c(C(C)C)cc3C(=O)C[C@@H]12. The van der Waals surface area contributed by atoms with Crippen molar-refractivity contribution in [3.8, 4) is 0 Å². The van der Waals surface area contributed by atoms with E-state index in [4.69, 9.17) is 4.74 Å². The Morgan fingerprint density at radius 3 is 2.56 bits per heavy atom. The van der Waals surface area contributed by atoms with Crippen molar-refractivity contribution in [2.75, 3.05) is 7.11 Å². The smallest absolute Gasteiger partial charge is 0.311 e. The highest BCUT2D eigenvalue weighted by atomic mass is 79.9. The van der Waals surface area contributed by atoms with Crippen molar-refractivity contribution in [1.29, 1.82) is 0 Å². The monoisotopic (exact) mass is 406 g/mol. The van der Waals surface area contributed by atoms with Crippen LogP contribution in [0.15, 0.2) is 16.6 Å². The van der Waals surface area contributed by atoms with Crippen LogP contribution in [-0.4, -0.2) is 18.9 Å². The van der Waals surface area contributed by atoms with Gasteiger partial charge in [-0.2, -0.15) is 0 Å². The van der Waals surface area contributed by atoms with E-state index in [0.29, 0.717) is 12.3 Å². The third-order valence-electron chi connectivity index (χ3n) is 6.65. The lowest BCUT2D eigenvalue weighted by Crippen LogP contribution is -2.53. The Balaban J connectivity index is 2.19. The van der Waals surface area contributed by atoms with E-state index in [1.54, 1.807) is 0 Å². The first-order valence-electron chi connectivity index (χ1n) is 9.10. The van der Waals surface area contributed by atoms with Crippen LogP contribution < -0.4 is 0 Å². The molecule has 2 aliphatic rings. The Hall–Kier alpha value is -1.16. The Labute approximate surface area is 158 Å². The molecule has 0 heterocycles. The summed E-state index contributed by atoms with van der Waals surface area (Å²) in [6.07, 6.45) is 3.18. The summed E-state index contributed by atoms with van der Waals surface area (Å²) in [5.74, 6) is 0.309. The molecule has 0 spiro atoms. The van der Waals surface area contributed by atoms with E-state index in [2.05, 4.69) is 48.8 Å². The molecule has 4 heteroatoms. The van der Waals surface area contributed by atoms with Crippen LogP contribution in [0, 0.1) is 11.3 Å². The van der Waals surface area contributed by atoms with Gasteiger partial charge in [-0.15, -0.1) is 0 Å². The molecule has 0 aliphatic heterocycles. The van der Waals surface area contributed by atoms with E-state index < -0.39 is 5.41 Å². The lowest BCUT2D eigenvalue weighted by Gasteiger charge is -2.53. The summed E-state index contributed by atoms with van der Waals surface area (Å²) in [4.78, 5) is 25.6. The van der Waals surface area contributed by atoms with Crippen molar-refractivity contribution in [3.05, 3.63) is 33.3 Å². The molecular formula is C21H27BrO3.